The molecule has 2 fully saturated rings. The van der Waals surface area contributed by atoms with Crippen LogP contribution in [0, 0.1) is 6.92 Å². The number of hydrogen-bond acceptors (Lipinski definition) is 9. The van der Waals surface area contributed by atoms with E-state index in [2.05, 4.69) is 20.9 Å². The third kappa shape index (κ3) is 10.8. The molecule has 3 atom stereocenters. The Bertz CT molecular complexity index is 2060. The minimum atomic E-state index is -0.985. The summed E-state index contributed by atoms with van der Waals surface area (Å²) in [6.07, 6.45) is 5.88. The van der Waals surface area contributed by atoms with Crippen molar-refractivity contribution < 1.29 is 33.8 Å². The SMILES string of the molecule is C/C(=N\OC1CCCCO1)c1ccc(C[C@H](NC(=O)OC(C)(C)C)C(=O)N2CCCCC2C(=O)Nc2ccc(-c3cn(C)nc3-c3cc(C)ccc3O)cc2)cc1. The summed E-state index contributed by atoms with van der Waals surface area (Å²) in [5, 5.41) is 25.3. The first kappa shape index (κ1) is 41.0. The number of aromatic hydroxyl groups is 1. The number of aryl methyl sites for hydroxylation is 2. The highest BCUT2D eigenvalue weighted by atomic mass is 16.8. The van der Waals surface area contributed by atoms with Gasteiger partial charge in [0.25, 0.3) is 0 Å². The van der Waals surface area contributed by atoms with Crippen LogP contribution in [-0.2, 0) is 37.4 Å². The van der Waals surface area contributed by atoms with E-state index in [1.54, 1.807) is 36.4 Å². The van der Waals surface area contributed by atoms with Gasteiger partial charge in [0.1, 0.15) is 29.1 Å². The zero-order valence-corrected chi connectivity index (χ0v) is 33.7. The van der Waals surface area contributed by atoms with Gasteiger partial charge in [-0.2, -0.15) is 5.10 Å². The van der Waals surface area contributed by atoms with Gasteiger partial charge in [0.05, 0.1) is 12.3 Å². The van der Waals surface area contributed by atoms with Crippen LogP contribution in [-0.4, -0.2) is 80.5 Å². The number of amides is 3. The van der Waals surface area contributed by atoms with Gasteiger partial charge in [-0.25, -0.2) is 4.79 Å². The quantitative estimate of drug-likeness (QED) is 0.105. The zero-order valence-electron chi connectivity index (χ0n) is 33.7. The van der Waals surface area contributed by atoms with Crippen molar-refractivity contribution in [3.8, 4) is 28.1 Å². The Balaban J connectivity index is 1.16. The zero-order chi connectivity index (χ0) is 40.7. The molecule has 0 saturated carbocycles. The van der Waals surface area contributed by atoms with Crippen molar-refractivity contribution in [1.29, 1.82) is 0 Å². The van der Waals surface area contributed by atoms with Gasteiger partial charge in [0.15, 0.2) is 0 Å². The fourth-order valence-electron chi connectivity index (χ4n) is 7.12. The Labute approximate surface area is 334 Å². The summed E-state index contributed by atoms with van der Waals surface area (Å²) in [5.41, 5.74) is 6.14. The predicted molar refractivity (Wildman–Crippen MR) is 219 cm³/mol. The van der Waals surface area contributed by atoms with Gasteiger partial charge in [0, 0.05) is 49.4 Å². The molecule has 2 saturated heterocycles. The Morgan fingerprint density at radius 1 is 0.982 bits per heavy atom. The standard InChI is InChI=1S/C44H54N6O7/c1-28-13-22-38(51)34(25-28)40-35(27-49(6)47-40)32-18-20-33(21-19-32)45-41(52)37-11-7-9-23-50(37)42(53)36(46-43(54)56-44(3,4)5)26-30-14-16-31(17-15-30)29(2)48-57-39-12-8-10-24-55-39/h13-22,25,27,36-37,39,51H,7-12,23-24,26H2,1-6H3,(H,45,52)(H,46,54)/b48-29+/t36-,37?,39?/m0/s1. The molecule has 0 radical (unpaired) electrons. The maximum Gasteiger partial charge on any atom is 0.408 e. The second-order valence-corrected chi connectivity index (χ2v) is 15.9. The van der Waals surface area contributed by atoms with Crippen molar-refractivity contribution in [2.24, 2.45) is 12.2 Å². The maximum atomic E-state index is 14.4. The van der Waals surface area contributed by atoms with E-state index in [0.29, 0.717) is 42.2 Å². The van der Waals surface area contributed by atoms with Gasteiger partial charge < -0.3 is 35.0 Å². The van der Waals surface area contributed by atoms with Crippen molar-refractivity contribution in [2.45, 2.75) is 104 Å². The molecule has 0 spiro atoms. The summed E-state index contributed by atoms with van der Waals surface area (Å²) in [6, 6.07) is 18.7. The lowest BCUT2D eigenvalue weighted by Crippen LogP contribution is -2.57. The highest BCUT2D eigenvalue weighted by Gasteiger charge is 2.37. The van der Waals surface area contributed by atoms with Crippen LogP contribution < -0.4 is 10.6 Å². The molecule has 0 bridgehead atoms. The molecule has 3 aromatic carbocycles. The van der Waals surface area contributed by atoms with Crippen molar-refractivity contribution in [3.05, 3.63) is 89.6 Å². The lowest BCUT2D eigenvalue weighted by Gasteiger charge is -2.37. The van der Waals surface area contributed by atoms with Crippen molar-refractivity contribution in [2.75, 3.05) is 18.5 Å². The molecule has 3 heterocycles. The molecule has 2 unspecified atom stereocenters. The van der Waals surface area contributed by atoms with Crippen LogP contribution in [0.4, 0.5) is 10.5 Å². The van der Waals surface area contributed by atoms with Crippen LogP contribution in [0.1, 0.15) is 82.9 Å². The van der Waals surface area contributed by atoms with Crippen LogP contribution in [0.25, 0.3) is 22.4 Å². The lowest BCUT2D eigenvalue weighted by molar-refractivity contribution is -0.162. The Kier molecular flexibility index (Phi) is 13.0. The van der Waals surface area contributed by atoms with Gasteiger partial charge >= 0.3 is 6.09 Å². The molecule has 13 heteroatoms. The molecule has 3 amide bonds. The van der Waals surface area contributed by atoms with E-state index in [1.165, 1.54) is 0 Å². The minimum Gasteiger partial charge on any atom is -0.507 e. The van der Waals surface area contributed by atoms with Gasteiger partial charge in [0.2, 0.25) is 18.1 Å². The summed E-state index contributed by atoms with van der Waals surface area (Å²) in [4.78, 5) is 48.6. The largest absolute Gasteiger partial charge is 0.507 e. The second kappa shape index (κ2) is 18.1. The molecule has 13 nitrogen and oxygen atoms in total. The Hall–Kier alpha value is -5.69. The third-order valence-corrected chi connectivity index (χ3v) is 10.0. The number of hydrogen-bond donors (Lipinski definition) is 3. The summed E-state index contributed by atoms with van der Waals surface area (Å²) >= 11 is 0. The number of carbonyl (C=O) groups excluding carboxylic acids is 3. The summed E-state index contributed by atoms with van der Waals surface area (Å²) < 4.78 is 12.9. The van der Waals surface area contributed by atoms with Gasteiger partial charge in [-0.15, -0.1) is 0 Å². The topological polar surface area (TPSA) is 157 Å². The number of aromatic nitrogens is 2. The van der Waals surface area contributed by atoms with E-state index in [0.717, 1.165) is 59.9 Å². The van der Waals surface area contributed by atoms with Crippen molar-refractivity contribution >= 4 is 29.3 Å². The van der Waals surface area contributed by atoms with Crippen LogP contribution in [0.15, 0.2) is 78.1 Å². The minimum absolute atomic E-state index is 0.143. The maximum absolute atomic E-state index is 14.4. The Morgan fingerprint density at radius 2 is 1.72 bits per heavy atom. The number of anilines is 1. The number of benzene rings is 3. The average Bonchev–Trinajstić information content (AvgIpc) is 3.58. The fraction of sp³-hybridized carbons (Fsp3) is 0.432. The third-order valence-electron chi connectivity index (χ3n) is 10.0. The predicted octanol–water partition coefficient (Wildman–Crippen LogP) is 7.49. The van der Waals surface area contributed by atoms with Crippen LogP contribution in [0.2, 0.25) is 0 Å². The van der Waals surface area contributed by atoms with E-state index in [9.17, 15) is 19.5 Å². The second-order valence-electron chi connectivity index (χ2n) is 15.9. The number of phenols is 1. The average molecular weight is 779 g/mol. The molecule has 2 aliphatic rings. The van der Waals surface area contributed by atoms with Gasteiger partial charge in [-0.1, -0.05) is 53.2 Å². The molecule has 2 aliphatic heterocycles. The number of ether oxygens (including phenoxy) is 2. The van der Waals surface area contributed by atoms with Crippen LogP contribution >= 0.6 is 0 Å². The molecular weight excluding hydrogens is 725 g/mol. The van der Waals surface area contributed by atoms with Gasteiger partial charge in [-0.3, -0.25) is 14.3 Å². The smallest absolute Gasteiger partial charge is 0.408 e. The highest BCUT2D eigenvalue weighted by molar-refractivity contribution is 5.99. The monoisotopic (exact) mass is 778 g/mol. The van der Waals surface area contributed by atoms with E-state index >= 15 is 0 Å². The molecule has 4 aromatic rings. The number of likely N-dealkylation sites (tertiary alicyclic amines) is 1. The molecular formula is C44H54N6O7. The molecule has 302 valence electrons. The molecule has 3 N–H and O–H groups in total. The number of carbonyl (C=O) groups is 3. The fourth-order valence-corrected chi connectivity index (χ4v) is 7.12. The van der Waals surface area contributed by atoms with Crippen molar-refractivity contribution in [3.63, 3.8) is 0 Å². The number of oxime groups is 1. The number of piperidine rings is 1. The summed E-state index contributed by atoms with van der Waals surface area (Å²) in [7, 11) is 1.83. The first-order valence-corrected chi connectivity index (χ1v) is 19.7. The normalized spacial score (nSPS) is 18.1. The van der Waals surface area contributed by atoms with Crippen molar-refractivity contribution in [1.82, 2.24) is 20.0 Å². The Morgan fingerprint density at radius 3 is 2.42 bits per heavy atom. The first-order chi connectivity index (χ1) is 27.2. The molecule has 6 rings (SSSR count). The first-order valence-electron chi connectivity index (χ1n) is 19.7. The van der Waals surface area contributed by atoms with Crippen LogP contribution in [0.5, 0.6) is 5.75 Å². The van der Waals surface area contributed by atoms with E-state index < -0.39 is 23.8 Å². The van der Waals surface area contributed by atoms with E-state index in [-0.39, 0.29) is 30.3 Å². The lowest BCUT2D eigenvalue weighted by atomic mass is 9.97. The van der Waals surface area contributed by atoms with Gasteiger partial charge in [-0.05, 0) is 108 Å². The summed E-state index contributed by atoms with van der Waals surface area (Å²) in [6.45, 7) is 10.1. The molecule has 57 heavy (non-hydrogen) atoms. The van der Waals surface area contributed by atoms with Crippen LogP contribution in [0.3, 0.4) is 0 Å². The molecule has 1 aromatic heterocycles. The highest BCUT2D eigenvalue weighted by Crippen LogP contribution is 2.36. The number of nitrogens with zero attached hydrogens (tertiary/aromatic N) is 4. The number of nitrogens with one attached hydrogen (secondary N) is 2. The summed E-state index contributed by atoms with van der Waals surface area (Å²) in [5.74, 6) is -0.523. The number of rotatable bonds is 11. The number of alkyl carbamates (subject to hydrolysis) is 1. The van der Waals surface area contributed by atoms with E-state index in [1.807, 2.05) is 87.8 Å². The molecule has 0 aliphatic carbocycles. The number of phenolic OH excluding ortho intramolecular Hbond substituents is 1. The van der Waals surface area contributed by atoms with E-state index in [4.69, 9.17) is 14.3 Å².